The second-order valence-electron chi connectivity index (χ2n) is 2.70. The Kier molecular flexibility index (Phi) is 5.36. The number of allylic oxidation sites excluding steroid dienone is 1. The zero-order chi connectivity index (χ0) is 11.3. The summed E-state index contributed by atoms with van der Waals surface area (Å²) in [6.07, 6.45) is 3.71. The largest absolute Gasteiger partial charge is 0.404 e. The molecule has 0 amide bonds. The summed E-state index contributed by atoms with van der Waals surface area (Å²) in [6.45, 7) is 0. The van der Waals surface area contributed by atoms with Crippen LogP contribution in [-0.4, -0.2) is 6.21 Å². The van der Waals surface area contributed by atoms with E-state index in [0.29, 0.717) is 17.1 Å². The van der Waals surface area contributed by atoms with E-state index in [1.54, 1.807) is 18.3 Å². The Morgan fingerprint density at radius 2 is 2.27 bits per heavy atom. The number of halogens is 2. The summed E-state index contributed by atoms with van der Waals surface area (Å²) in [5.41, 5.74) is 13.4. The van der Waals surface area contributed by atoms with Gasteiger partial charge >= 0.3 is 0 Å². The topological polar surface area (TPSA) is 64.4 Å². The fraction of sp³-hybridized carbons (Fsp3) is 0. The summed E-state index contributed by atoms with van der Waals surface area (Å²) in [4.78, 5) is 0. The molecule has 1 aromatic rings. The SMILES string of the molecule is N/C=C(\C=N\PI)c1ccc(N)c(Cl)c1. The second kappa shape index (κ2) is 6.30. The third kappa shape index (κ3) is 3.63. The van der Waals surface area contributed by atoms with Crippen molar-refractivity contribution >= 4 is 57.5 Å². The van der Waals surface area contributed by atoms with Crippen molar-refractivity contribution in [3.8, 4) is 0 Å². The smallest absolute Gasteiger partial charge is 0.0659 e. The Morgan fingerprint density at radius 3 is 2.80 bits per heavy atom. The summed E-state index contributed by atoms with van der Waals surface area (Å²) in [5.74, 6) is 0. The Hall–Kier alpha value is -0.320. The monoisotopic (exact) mass is 353 g/mol. The third-order valence-corrected chi connectivity index (χ3v) is 3.16. The minimum atomic E-state index is 0.479. The molecule has 6 heteroatoms. The first kappa shape index (κ1) is 12.7. The van der Waals surface area contributed by atoms with E-state index in [1.165, 1.54) is 6.20 Å². The highest BCUT2D eigenvalue weighted by Crippen LogP contribution is 2.25. The fourth-order valence-electron chi connectivity index (χ4n) is 1.01. The van der Waals surface area contributed by atoms with Crippen molar-refractivity contribution in [3.05, 3.63) is 35.0 Å². The van der Waals surface area contributed by atoms with Crippen molar-refractivity contribution < 1.29 is 0 Å². The van der Waals surface area contributed by atoms with Gasteiger partial charge in [0.1, 0.15) is 0 Å². The van der Waals surface area contributed by atoms with Crippen LogP contribution in [0.4, 0.5) is 5.69 Å². The molecule has 1 unspecified atom stereocenters. The highest BCUT2D eigenvalue weighted by Gasteiger charge is 2.01. The molecule has 0 aliphatic rings. The molecule has 1 aromatic carbocycles. The van der Waals surface area contributed by atoms with Gasteiger partial charge < -0.3 is 11.5 Å². The maximum atomic E-state index is 5.91. The quantitative estimate of drug-likeness (QED) is 0.379. The molecule has 0 fully saturated rings. The number of hydrogen-bond donors (Lipinski definition) is 2. The fourth-order valence-corrected chi connectivity index (χ4v) is 1.80. The van der Waals surface area contributed by atoms with E-state index in [1.807, 2.05) is 6.07 Å². The van der Waals surface area contributed by atoms with Crippen LogP contribution in [0.25, 0.3) is 5.57 Å². The van der Waals surface area contributed by atoms with Gasteiger partial charge in [-0.3, -0.25) is 4.76 Å². The van der Waals surface area contributed by atoms with E-state index >= 15 is 0 Å². The van der Waals surface area contributed by atoms with Gasteiger partial charge in [0.2, 0.25) is 0 Å². The average Bonchev–Trinajstić information content (AvgIpc) is 2.24. The van der Waals surface area contributed by atoms with Crippen molar-refractivity contribution in [2.45, 2.75) is 0 Å². The zero-order valence-corrected chi connectivity index (χ0v) is 11.7. The van der Waals surface area contributed by atoms with Crippen LogP contribution in [0.3, 0.4) is 0 Å². The van der Waals surface area contributed by atoms with Gasteiger partial charge in [0.15, 0.2) is 0 Å². The molecule has 0 saturated heterocycles. The van der Waals surface area contributed by atoms with Crippen LogP contribution >= 0.6 is 40.0 Å². The molecule has 80 valence electrons. The summed E-state index contributed by atoms with van der Waals surface area (Å²) in [7, 11) is 0. The van der Waals surface area contributed by atoms with Crippen LogP contribution in [0.1, 0.15) is 5.56 Å². The summed E-state index contributed by atoms with van der Waals surface area (Å²) >= 11 is 8.10. The molecule has 0 aliphatic heterocycles. The lowest BCUT2D eigenvalue weighted by atomic mass is 10.1. The van der Waals surface area contributed by atoms with Crippen LogP contribution in [0, 0.1) is 0 Å². The molecule has 0 spiro atoms. The van der Waals surface area contributed by atoms with Crippen LogP contribution in [-0.2, 0) is 0 Å². The molecule has 0 saturated carbocycles. The summed E-state index contributed by atoms with van der Waals surface area (Å²) in [6, 6.07) is 5.39. The van der Waals surface area contributed by atoms with Gasteiger partial charge in [-0.2, -0.15) is 0 Å². The standard InChI is InChI=1S/C9H10ClIN3P/c10-8-3-6(1-2-9(8)13)7(4-12)5-14-15-11/h1-5,15H,12-13H2/b7-4+,14-5+. The Morgan fingerprint density at radius 1 is 1.53 bits per heavy atom. The molecule has 15 heavy (non-hydrogen) atoms. The van der Waals surface area contributed by atoms with E-state index in [4.69, 9.17) is 23.1 Å². The number of anilines is 1. The van der Waals surface area contributed by atoms with Crippen LogP contribution in [0.2, 0.25) is 5.02 Å². The van der Waals surface area contributed by atoms with E-state index in [2.05, 4.69) is 26.8 Å². The predicted molar refractivity (Wildman–Crippen MR) is 78.9 cm³/mol. The second-order valence-corrected chi connectivity index (χ2v) is 4.98. The average molecular weight is 354 g/mol. The first-order valence-electron chi connectivity index (χ1n) is 4.05. The van der Waals surface area contributed by atoms with Gasteiger partial charge in [0.25, 0.3) is 0 Å². The van der Waals surface area contributed by atoms with E-state index in [0.717, 1.165) is 11.1 Å². The van der Waals surface area contributed by atoms with E-state index in [9.17, 15) is 0 Å². The Bertz CT molecular complexity index is 406. The van der Waals surface area contributed by atoms with Gasteiger partial charge in [0, 0.05) is 18.0 Å². The molecule has 1 atom stereocenters. The van der Waals surface area contributed by atoms with Crippen molar-refractivity contribution in [2.24, 2.45) is 10.5 Å². The molecular weight excluding hydrogens is 343 g/mol. The number of benzene rings is 1. The molecule has 0 bridgehead atoms. The van der Waals surface area contributed by atoms with Crippen molar-refractivity contribution in [2.75, 3.05) is 5.73 Å². The Labute approximate surface area is 108 Å². The molecule has 0 heterocycles. The number of nitrogens with two attached hydrogens (primary N) is 2. The number of hydrogen-bond acceptors (Lipinski definition) is 3. The van der Waals surface area contributed by atoms with Gasteiger partial charge in [-0.15, -0.1) is 0 Å². The molecule has 1 rings (SSSR count). The molecule has 0 aliphatic carbocycles. The van der Waals surface area contributed by atoms with Crippen LogP contribution in [0.15, 0.2) is 29.2 Å². The van der Waals surface area contributed by atoms with Crippen molar-refractivity contribution in [1.82, 2.24) is 0 Å². The number of nitrogen functional groups attached to an aromatic ring is 1. The minimum absolute atomic E-state index is 0.479. The lowest BCUT2D eigenvalue weighted by molar-refractivity contribution is 1.57. The van der Waals surface area contributed by atoms with E-state index in [-0.39, 0.29) is 0 Å². The molecule has 3 nitrogen and oxygen atoms in total. The third-order valence-electron chi connectivity index (χ3n) is 1.77. The summed E-state index contributed by atoms with van der Waals surface area (Å²) < 4.78 is 4.14. The molecular formula is C9H10ClIN3P. The van der Waals surface area contributed by atoms with E-state index < -0.39 is 0 Å². The van der Waals surface area contributed by atoms with Crippen molar-refractivity contribution in [3.63, 3.8) is 0 Å². The first-order chi connectivity index (χ1) is 7.19. The van der Waals surface area contributed by atoms with Gasteiger partial charge in [0.05, 0.1) is 17.1 Å². The van der Waals surface area contributed by atoms with Gasteiger partial charge in [-0.05, 0) is 39.7 Å². The lowest BCUT2D eigenvalue weighted by Crippen LogP contribution is -1.93. The van der Waals surface area contributed by atoms with Gasteiger partial charge in [-0.1, -0.05) is 17.7 Å². The molecule has 0 aromatic heterocycles. The highest BCUT2D eigenvalue weighted by atomic mass is 127. The molecule has 4 N–H and O–H groups in total. The highest BCUT2D eigenvalue weighted by molar-refractivity contribution is 14.2. The molecule has 0 radical (unpaired) electrons. The first-order valence-corrected chi connectivity index (χ1v) is 8.49. The lowest BCUT2D eigenvalue weighted by Gasteiger charge is -2.03. The normalized spacial score (nSPS) is 13.1. The predicted octanol–water partition coefficient (Wildman–Crippen LogP) is 3.24. The maximum Gasteiger partial charge on any atom is 0.0659 e. The summed E-state index contributed by atoms with van der Waals surface area (Å²) in [5, 5.41) is 0.525. The minimum Gasteiger partial charge on any atom is -0.404 e. The van der Waals surface area contributed by atoms with Crippen LogP contribution in [0.5, 0.6) is 0 Å². The zero-order valence-electron chi connectivity index (χ0n) is 7.74. The number of rotatable bonds is 3. The van der Waals surface area contributed by atoms with Crippen molar-refractivity contribution in [1.29, 1.82) is 0 Å². The van der Waals surface area contributed by atoms with Gasteiger partial charge in [-0.25, -0.2) is 0 Å². The Balaban J connectivity index is 3.04. The van der Waals surface area contributed by atoms with Crippen LogP contribution < -0.4 is 11.5 Å². The maximum absolute atomic E-state index is 5.91. The number of nitrogens with zero attached hydrogens (tertiary/aromatic N) is 1.